The lowest BCUT2D eigenvalue weighted by atomic mass is 10.2. The molecular weight excluding hydrogens is 548 g/mol. The van der Waals surface area contributed by atoms with E-state index in [0.29, 0.717) is 57.5 Å². The molecule has 4 rings (SSSR count). The molecule has 3 aromatic rings. The molecule has 9 nitrogen and oxygen atoms in total. The van der Waals surface area contributed by atoms with Crippen LogP contribution in [0.5, 0.6) is 5.75 Å². The first-order valence-electron chi connectivity index (χ1n) is 9.70. The molecule has 2 aromatic carbocycles. The van der Waals surface area contributed by atoms with Crippen molar-refractivity contribution in [2.75, 3.05) is 32.9 Å². The highest BCUT2D eigenvalue weighted by atomic mass is 79.9. The van der Waals surface area contributed by atoms with Crippen LogP contribution in [0.15, 0.2) is 60.0 Å². The molecule has 1 saturated heterocycles. The summed E-state index contributed by atoms with van der Waals surface area (Å²) in [4.78, 5) is 41.5. The van der Waals surface area contributed by atoms with Gasteiger partial charge in [0.15, 0.2) is 6.61 Å². The minimum absolute atomic E-state index is 0.105. The van der Waals surface area contributed by atoms with Crippen molar-refractivity contribution in [3.05, 3.63) is 71.7 Å². The highest BCUT2D eigenvalue weighted by molar-refractivity contribution is 9.11. The zero-order valence-electron chi connectivity index (χ0n) is 16.7. The molecule has 2 heterocycles. The number of benzene rings is 2. The fourth-order valence-electron chi connectivity index (χ4n) is 3.21. The van der Waals surface area contributed by atoms with E-state index in [2.05, 4.69) is 41.9 Å². The molecular formula is C21H18Br2N4O5. The molecule has 1 aromatic heterocycles. The molecule has 32 heavy (non-hydrogen) atoms. The number of carbonyl (C=O) groups is 1. The lowest BCUT2D eigenvalue weighted by Crippen LogP contribution is -2.43. The Bertz CT molecular complexity index is 1290. The third kappa shape index (κ3) is 4.84. The number of para-hydroxylation sites is 1. The molecule has 0 unspecified atom stereocenters. The van der Waals surface area contributed by atoms with E-state index in [-0.39, 0.29) is 12.5 Å². The first-order valence-corrected chi connectivity index (χ1v) is 11.3. The number of nitrogens with one attached hydrogen (secondary N) is 1. The van der Waals surface area contributed by atoms with Crippen LogP contribution in [0.1, 0.15) is 5.56 Å². The second kappa shape index (κ2) is 9.80. The first kappa shape index (κ1) is 22.4. The molecule has 166 valence electrons. The van der Waals surface area contributed by atoms with Gasteiger partial charge in [-0.3, -0.25) is 9.59 Å². The largest absolute Gasteiger partial charge is 0.481 e. The van der Waals surface area contributed by atoms with Crippen LogP contribution in [0.25, 0.3) is 10.9 Å². The van der Waals surface area contributed by atoms with Gasteiger partial charge in [0.1, 0.15) is 5.75 Å². The number of halogens is 2. The van der Waals surface area contributed by atoms with E-state index in [1.165, 1.54) is 6.21 Å². The van der Waals surface area contributed by atoms with Crippen LogP contribution in [0, 0.1) is 0 Å². The predicted molar refractivity (Wildman–Crippen MR) is 127 cm³/mol. The maximum Gasteiger partial charge on any atom is 0.349 e. The normalized spacial score (nSPS) is 14.2. The van der Waals surface area contributed by atoms with E-state index in [4.69, 9.17) is 9.47 Å². The van der Waals surface area contributed by atoms with E-state index in [0.717, 1.165) is 4.68 Å². The van der Waals surface area contributed by atoms with Gasteiger partial charge in [0.2, 0.25) is 0 Å². The number of carbonyl (C=O) groups excluding carboxylic acids is 1. The fourth-order valence-corrected chi connectivity index (χ4v) is 4.66. The van der Waals surface area contributed by atoms with Gasteiger partial charge in [-0.05, 0) is 61.7 Å². The van der Waals surface area contributed by atoms with Crippen LogP contribution >= 0.6 is 31.9 Å². The molecule has 1 aliphatic heterocycles. The van der Waals surface area contributed by atoms with Crippen LogP contribution in [-0.2, 0) is 9.53 Å². The number of hydrogen-bond donors (Lipinski definition) is 1. The van der Waals surface area contributed by atoms with Gasteiger partial charge < -0.3 is 19.4 Å². The summed E-state index contributed by atoms with van der Waals surface area (Å²) < 4.78 is 12.9. The SMILES string of the molecule is O=C(COc1c(Br)cc(C=Nn2c(=O)[nH]c3ccccc3c2=O)cc1Br)N1CCOCC1. The summed E-state index contributed by atoms with van der Waals surface area (Å²) in [6, 6.07) is 10.2. The number of ether oxygens (including phenoxy) is 2. The van der Waals surface area contributed by atoms with Gasteiger partial charge in [0.25, 0.3) is 11.5 Å². The van der Waals surface area contributed by atoms with E-state index in [9.17, 15) is 14.4 Å². The number of nitrogens with zero attached hydrogens (tertiary/aromatic N) is 3. The van der Waals surface area contributed by atoms with Crippen molar-refractivity contribution in [2.24, 2.45) is 5.10 Å². The molecule has 0 atom stereocenters. The zero-order valence-corrected chi connectivity index (χ0v) is 19.9. The van der Waals surface area contributed by atoms with E-state index in [1.54, 1.807) is 41.3 Å². The lowest BCUT2D eigenvalue weighted by molar-refractivity contribution is -0.137. The molecule has 11 heteroatoms. The number of aromatic amines is 1. The molecule has 0 aliphatic carbocycles. The van der Waals surface area contributed by atoms with Crippen LogP contribution in [0.2, 0.25) is 0 Å². The van der Waals surface area contributed by atoms with Crippen LogP contribution in [0.3, 0.4) is 0 Å². The Morgan fingerprint density at radius 3 is 2.56 bits per heavy atom. The molecule has 0 spiro atoms. The number of aromatic nitrogens is 2. The summed E-state index contributed by atoms with van der Waals surface area (Å²) in [6.45, 7) is 2.04. The smallest absolute Gasteiger partial charge is 0.349 e. The van der Waals surface area contributed by atoms with Crippen molar-refractivity contribution in [3.8, 4) is 5.75 Å². The second-order valence-electron chi connectivity index (χ2n) is 6.93. The maximum atomic E-state index is 12.6. The molecule has 1 fully saturated rings. The number of H-pyrrole nitrogens is 1. The van der Waals surface area contributed by atoms with Gasteiger partial charge >= 0.3 is 5.69 Å². The third-order valence-electron chi connectivity index (χ3n) is 4.83. The Morgan fingerprint density at radius 1 is 1.16 bits per heavy atom. The monoisotopic (exact) mass is 564 g/mol. The van der Waals surface area contributed by atoms with Crippen molar-refractivity contribution >= 4 is 54.9 Å². The van der Waals surface area contributed by atoms with Crippen molar-refractivity contribution in [2.45, 2.75) is 0 Å². The third-order valence-corrected chi connectivity index (χ3v) is 6.01. The first-order chi connectivity index (χ1) is 15.4. The van der Waals surface area contributed by atoms with Gasteiger partial charge in [0, 0.05) is 13.1 Å². The van der Waals surface area contributed by atoms with Crippen LogP contribution in [-0.4, -0.2) is 59.6 Å². The summed E-state index contributed by atoms with van der Waals surface area (Å²) in [5, 5.41) is 4.41. The Hall–Kier alpha value is -2.76. The number of amides is 1. The Morgan fingerprint density at radius 2 is 1.84 bits per heavy atom. The number of hydrogen-bond acceptors (Lipinski definition) is 6. The Labute approximate surface area is 198 Å². The summed E-state index contributed by atoms with van der Waals surface area (Å²) in [6.07, 6.45) is 1.39. The summed E-state index contributed by atoms with van der Waals surface area (Å²) in [5.74, 6) is 0.345. The number of morpholine rings is 1. The van der Waals surface area contributed by atoms with Gasteiger partial charge in [-0.2, -0.15) is 5.10 Å². The minimum atomic E-state index is -0.635. The number of fused-ring (bicyclic) bond motifs is 1. The highest BCUT2D eigenvalue weighted by Crippen LogP contribution is 2.34. The molecule has 1 aliphatic rings. The van der Waals surface area contributed by atoms with Gasteiger partial charge in [-0.1, -0.05) is 12.1 Å². The van der Waals surface area contributed by atoms with Crippen molar-refractivity contribution < 1.29 is 14.3 Å². The van der Waals surface area contributed by atoms with Crippen molar-refractivity contribution in [3.63, 3.8) is 0 Å². The topological polar surface area (TPSA) is 106 Å². The minimum Gasteiger partial charge on any atom is -0.481 e. The van der Waals surface area contributed by atoms with Gasteiger partial charge in [-0.25, -0.2) is 4.79 Å². The van der Waals surface area contributed by atoms with Gasteiger partial charge in [-0.15, -0.1) is 4.68 Å². The fraction of sp³-hybridized carbons (Fsp3) is 0.238. The summed E-state index contributed by atoms with van der Waals surface area (Å²) >= 11 is 6.87. The zero-order chi connectivity index (χ0) is 22.7. The Kier molecular flexibility index (Phi) is 6.87. The summed E-state index contributed by atoms with van der Waals surface area (Å²) in [7, 11) is 0. The average molecular weight is 566 g/mol. The molecule has 0 bridgehead atoms. The second-order valence-corrected chi connectivity index (χ2v) is 8.64. The molecule has 1 N–H and O–H groups in total. The van der Waals surface area contributed by atoms with Gasteiger partial charge in [0.05, 0.1) is 39.3 Å². The number of rotatable bonds is 5. The Balaban J connectivity index is 1.53. The molecule has 0 saturated carbocycles. The van der Waals surface area contributed by atoms with Crippen molar-refractivity contribution in [1.29, 1.82) is 0 Å². The molecule has 0 radical (unpaired) electrons. The predicted octanol–water partition coefficient (Wildman–Crippen LogP) is 2.33. The maximum absolute atomic E-state index is 12.6. The van der Waals surface area contributed by atoms with Crippen LogP contribution in [0.4, 0.5) is 0 Å². The lowest BCUT2D eigenvalue weighted by Gasteiger charge is -2.26. The quantitative estimate of drug-likeness (QED) is 0.478. The highest BCUT2D eigenvalue weighted by Gasteiger charge is 2.18. The summed E-state index contributed by atoms with van der Waals surface area (Å²) in [5.41, 5.74) is -0.0902. The van der Waals surface area contributed by atoms with E-state index in [1.807, 2.05) is 0 Å². The average Bonchev–Trinajstić information content (AvgIpc) is 2.79. The van der Waals surface area contributed by atoms with E-state index >= 15 is 0 Å². The van der Waals surface area contributed by atoms with E-state index < -0.39 is 11.2 Å². The van der Waals surface area contributed by atoms with Crippen molar-refractivity contribution in [1.82, 2.24) is 14.6 Å². The van der Waals surface area contributed by atoms with Crippen LogP contribution < -0.4 is 16.0 Å². The molecule has 1 amide bonds. The standard InChI is InChI=1S/C21H18Br2N4O5/c22-15-9-13(10-16(23)19(15)32-12-18(28)26-5-7-31-8-6-26)11-24-27-20(29)14-3-1-2-4-17(14)25-21(27)30/h1-4,9-11H,5-8,12H2,(H,25,30).